The summed E-state index contributed by atoms with van der Waals surface area (Å²) in [5, 5.41) is 1.42. The van der Waals surface area contributed by atoms with E-state index in [2.05, 4.69) is 0 Å². The molecule has 1 heterocycles. The standard InChI is InChI=1S/C29H28NO3P/c31-29(33-24-15-7-2-8-16-24)27-21-22-30(28(27)23-13-5-1-6-14-23)34(32,25-17-9-3-10-18-25)26-19-11-4-12-20-26/h1,3-6,9-14,17-22,24H,2,7-8,15-16H2. The van der Waals surface area contributed by atoms with E-state index in [0.717, 1.165) is 31.2 Å². The van der Waals surface area contributed by atoms with Gasteiger partial charge in [-0.3, -0.25) is 8.90 Å². The molecule has 0 aliphatic heterocycles. The van der Waals surface area contributed by atoms with Crippen molar-refractivity contribution in [1.82, 2.24) is 4.34 Å². The van der Waals surface area contributed by atoms with Crippen LogP contribution in [0.1, 0.15) is 42.5 Å². The molecule has 1 saturated carbocycles. The van der Waals surface area contributed by atoms with E-state index in [9.17, 15) is 4.79 Å². The maximum Gasteiger partial charge on any atom is 0.340 e. The summed E-state index contributed by atoms with van der Waals surface area (Å²) < 4.78 is 22.8. The van der Waals surface area contributed by atoms with Gasteiger partial charge in [0.25, 0.3) is 0 Å². The van der Waals surface area contributed by atoms with E-state index in [1.807, 2.05) is 91.0 Å². The molecule has 34 heavy (non-hydrogen) atoms. The molecule has 0 saturated heterocycles. The zero-order valence-electron chi connectivity index (χ0n) is 19.0. The second-order valence-corrected chi connectivity index (χ2v) is 11.3. The predicted molar refractivity (Wildman–Crippen MR) is 137 cm³/mol. The molecule has 0 radical (unpaired) electrons. The fourth-order valence-electron chi connectivity index (χ4n) is 4.76. The van der Waals surface area contributed by atoms with Crippen molar-refractivity contribution in [3.8, 4) is 11.3 Å². The lowest BCUT2D eigenvalue weighted by molar-refractivity contribution is 0.0212. The Morgan fingerprint density at radius 3 is 1.82 bits per heavy atom. The lowest BCUT2D eigenvalue weighted by Crippen LogP contribution is -2.23. The number of esters is 1. The minimum absolute atomic E-state index is 0.0525. The minimum Gasteiger partial charge on any atom is -0.459 e. The highest BCUT2D eigenvalue weighted by molar-refractivity contribution is 7.77. The SMILES string of the molecule is O=C(OC1CCCCC1)c1ccn(P(=O)(c2ccccc2)c2ccccc2)c1-c1ccccc1. The van der Waals surface area contributed by atoms with E-state index < -0.39 is 7.29 Å². The highest BCUT2D eigenvalue weighted by atomic mass is 31.2. The largest absolute Gasteiger partial charge is 0.459 e. The molecular formula is C29H28NO3P. The molecule has 0 atom stereocenters. The summed E-state index contributed by atoms with van der Waals surface area (Å²) in [5.41, 5.74) is 1.90. The van der Waals surface area contributed by atoms with Gasteiger partial charge in [-0.1, -0.05) is 73.2 Å². The van der Waals surface area contributed by atoms with Crippen LogP contribution in [0.3, 0.4) is 0 Å². The van der Waals surface area contributed by atoms with Crippen molar-refractivity contribution >= 4 is 23.9 Å². The first-order valence-electron chi connectivity index (χ1n) is 11.9. The molecule has 0 amide bonds. The molecule has 1 aromatic heterocycles. The smallest absolute Gasteiger partial charge is 0.340 e. The summed E-state index contributed by atoms with van der Waals surface area (Å²) in [6.07, 6.45) is 6.89. The van der Waals surface area contributed by atoms with Gasteiger partial charge in [-0.25, -0.2) is 4.79 Å². The van der Waals surface area contributed by atoms with Crippen LogP contribution in [0.25, 0.3) is 11.3 Å². The topological polar surface area (TPSA) is 48.3 Å². The van der Waals surface area contributed by atoms with Crippen molar-refractivity contribution in [3.63, 3.8) is 0 Å². The van der Waals surface area contributed by atoms with Gasteiger partial charge < -0.3 is 4.74 Å². The molecular weight excluding hydrogens is 441 g/mol. The van der Waals surface area contributed by atoms with E-state index in [0.29, 0.717) is 21.9 Å². The normalized spacial score (nSPS) is 14.6. The van der Waals surface area contributed by atoms with Crippen molar-refractivity contribution < 1.29 is 14.1 Å². The molecule has 5 rings (SSSR count). The monoisotopic (exact) mass is 469 g/mol. The van der Waals surface area contributed by atoms with E-state index in [1.165, 1.54) is 6.42 Å². The first-order valence-corrected chi connectivity index (χ1v) is 13.5. The molecule has 1 aliphatic carbocycles. The predicted octanol–water partition coefficient (Wildman–Crippen LogP) is 6.42. The number of carbonyl (C=O) groups excluding carboxylic acids is 1. The summed E-state index contributed by atoms with van der Waals surface area (Å²) in [6.45, 7) is 0. The van der Waals surface area contributed by atoms with Crippen LogP contribution in [0, 0.1) is 0 Å². The van der Waals surface area contributed by atoms with Crippen LogP contribution in [-0.2, 0) is 9.30 Å². The molecule has 0 spiro atoms. The van der Waals surface area contributed by atoms with Gasteiger partial charge in [0.15, 0.2) is 0 Å². The minimum atomic E-state index is -3.33. The van der Waals surface area contributed by atoms with E-state index >= 15 is 4.57 Å². The van der Waals surface area contributed by atoms with E-state index in [1.54, 1.807) is 16.6 Å². The summed E-state index contributed by atoms with van der Waals surface area (Å²) in [6, 6.07) is 30.4. The lowest BCUT2D eigenvalue weighted by Gasteiger charge is -2.25. The number of benzene rings is 3. The Morgan fingerprint density at radius 1 is 0.735 bits per heavy atom. The summed E-state index contributed by atoms with van der Waals surface area (Å²) >= 11 is 0. The Hall–Kier alpha value is -3.36. The number of ether oxygens (including phenoxy) is 1. The van der Waals surface area contributed by atoms with Gasteiger partial charge in [-0.15, -0.1) is 0 Å². The van der Waals surface area contributed by atoms with Gasteiger partial charge in [-0.05, 0) is 61.6 Å². The van der Waals surface area contributed by atoms with Crippen LogP contribution >= 0.6 is 7.29 Å². The van der Waals surface area contributed by atoms with Crippen LogP contribution in [0.2, 0.25) is 0 Å². The third-order valence-corrected chi connectivity index (χ3v) is 9.41. The molecule has 4 aromatic rings. The quantitative estimate of drug-likeness (QED) is 0.242. The van der Waals surface area contributed by atoms with Crippen molar-refractivity contribution in [3.05, 3.63) is 109 Å². The van der Waals surface area contributed by atoms with Gasteiger partial charge in [-0.2, -0.15) is 0 Å². The maximum atomic E-state index is 15.0. The van der Waals surface area contributed by atoms with Crippen molar-refractivity contribution in [2.24, 2.45) is 0 Å². The van der Waals surface area contributed by atoms with Gasteiger partial charge in [0.2, 0.25) is 7.29 Å². The fraction of sp³-hybridized carbons (Fsp3) is 0.207. The van der Waals surface area contributed by atoms with Crippen molar-refractivity contribution in [2.45, 2.75) is 38.2 Å². The van der Waals surface area contributed by atoms with Crippen LogP contribution in [-0.4, -0.2) is 16.4 Å². The summed E-state index contributed by atoms with van der Waals surface area (Å²) in [4.78, 5) is 13.4. The summed E-state index contributed by atoms with van der Waals surface area (Å²) in [7, 11) is -3.33. The van der Waals surface area contributed by atoms with E-state index in [-0.39, 0.29) is 12.1 Å². The lowest BCUT2D eigenvalue weighted by atomic mass is 9.98. The molecule has 3 aromatic carbocycles. The first kappa shape index (κ1) is 22.4. The number of hydrogen-bond acceptors (Lipinski definition) is 3. The van der Waals surface area contributed by atoms with Crippen molar-refractivity contribution in [1.29, 1.82) is 0 Å². The van der Waals surface area contributed by atoms with Crippen LogP contribution in [0.15, 0.2) is 103 Å². The molecule has 5 heteroatoms. The average Bonchev–Trinajstić information content (AvgIpc) is 3.36. The highest BCUT2D eigenvalue weighted by Gasteiger charge is 2.34. The fourth-order valence-corrected chi connectivity index (χ4v) is 7.47. The Bertz CT molecular complexity index is 1250. The number of nitrogens with zero attached hydrogens (tertiary/aromatic N) is 1. The highest BCUT2D eigenvalue weighted by Crippen LogP contribution is 2.49. The third kappa shape index (κ3) is 4.26. The van der Waals surface area contributed by atoms with Gasteiger partial charge >= 0.3 is 5.97 Å². The second-order valence-electron chi connectivity index (χ2n) is 8.70. The zero-order chi connectivity index (χ0) is 23.4. The molecule has 0 unspecified atom stereocenters. The molecule has 172 valence electrons. The first-order chi connectivity index (χ1) is 16.7. The average molecular weight is 470 g/mol. The number of rotatable bonds is 6. The maximum absolute atomic E-state index is 15.0. The second kappa shape index (κ2) is 9.87. The molecule has 4 nitrogen and oxygen atoms in total. The number of carbonyl (C=O) groups is 1. The van der Waals surface area contributed by atoms with Crippen LogP contribution in [0.5, 0.6) is 0 Å². The van der Waals surface area contributed by atoms with Gasteiger partial charge in [0.05, 0.1) is 11.3 Å². The van der Waals surface area contributed by atoms with Gasteiger partial charge in [0.1, 0.15) is 6.10 Å². The molecule has 0 bridgehead atoms. The Morgan fingerprint density at radius 2 is 1.26 bits per heavy atom. The number of aromatic nitrogens is 1. The van der Waals surface area contributed by atoms with Crippen molar-refractivity contribution in [2.75, 3.05) is 0 Å². The zero-order valence-corrected chi connectivity index (χ0v) is 19.9. The Kier molecular flexibility index (Phi) is 6.51. The van der Waals surface area contributed by atoms with Crippen LogP contribution < -0.4 is 10.6 Å². The van der Waals surface area contributed by atoms with Crippen LogP contribution in [0.4, 0.5) is 0 Å². The Labute approximate surface area is 200 Å². The number of hydrogen-bond donors (Lipinski definition) is 0. The molecule has 0 N–H and O–H groups in total. The molecule has 1 aliphatic rings. The van der Waals surface area contributed by atoms with Gasteiger partial charge in [0, 0.05) is 16.8 Å². The third-order valence-electron chi connectivity index (χ3n) is 6.48. The summed E-state index contributed by atoms with van der Waals surface area (Å²) in [5.74, 6) is -0.350. The van der Waals surface area contributed by atoms with E-state index in [4.69, 9.17) is 4.74 Å². The molecule has 1 fully saturated rings. The Balaban J connectivity index is 1.69.